The quantitative estimate of drug-likeness (QED) is 0.890. The highest BCUT2D eigenvalue weighted by Gasteiger charge is 2.26. The van der Waals surface area contributed by atoms with Gasteiger partial charge in [-0.2, -0.15) is 0 Å². The molecule has 1 aliphatic rings. The smallest absolute Gasteiger partial charge is 0.179 e. The molecular formula is C14H21BrN2O2S. The van der Waals surface area contributed by atoms with Gasteiger partial charge in [-0.25, -0.2) is 8.42 Å². The molecule has 0 saturated carbocycles. The van der Waals surface area contributed by atoms with Crippen LogP contribution in [0.15, 0.2) is 33.6 Å². The molecule has 0 spiro atoms. The number of halogens is 1. The van der Waals surface area contributed by atoms with Gasteiger partial charge in [-0.3, -0.25) is 4.90 Å². The van der Waals surface area contributed by atoms with Crippen LogP contribution < -0.4 is 5.32 Å². The molecule has 2 atom stereocenters. The Bertz CT molecular complexity index is 535. The fraction of sp³-hybridized carbons (Fsp3) is 0.571. The Balaban J connectivity index is 2.03. The third-order valence-electron chi connectivity index (χ3n) is 3.80. The average Bonchev–Trinajstić information content (AvgIpc) is 2.38. The van der Waals surface area contributed by atoms with Gasteiger partial charge in [-0.05, 0) is 38.1 Å². The van der Waals surface area contributed by atoms with Crippen LogP contribution >= 0.6 is 15.9 Å². The summed E-state index contributed by atoms with van der Waals surface area (Å²) >= 11 is 3.32. The largest absolute Gasteiger partial charge is 0.314 e. The lowest BCUT2D eigenvalue weighted by Crippen LogP contribution is -2.56. The van der Waals surface area contributed by atoms with Crippen molar-refractivity contribution in [1.82, 2.24) is 10.2 Å². The summed E-state index contributed by atoms with van der Waals surface area (Å²) < 4.78 is 25.6. The van der Waals surface area contributed by atoms with Crippen molar-refractivity contribution in [3.05, 3.63) is 28.7 Å². The van der Waals surface area contributed by atoms with Crippen LogP contribution in [0.5, 0.6) is 0 Å². The van der Waals surface area contributed by atoms with E-state index in [2.05, 4.69) is 40.0 Å². The number of benzene rings is 1. The fourth-order valence-corrected chi connectivity index (χ4v) is 4.10. The van der Waals surface area contributed by atoms with E-state index in [4.69, 9.17) is 0 Å². The number of hydrogen-bond acceptors (Lipinski definition) is 4. The van der Waals surface area contributed by atoms with Gasteiger partial charge in [0.05, 0.1) is 10.6 Å². The summed E-state index contributed by atoms with van der Waals surface area (Å²) in [6.45, 7) is 6.69. The zero-order valence-corrected chi connectivity index (χ0v) is 14.2. The maximum atomic E-state index is 12.3. The van der Waals surface area contributed by atoms with Crippen LogP contribution in [0.1, 0.15) is 13.8 Å². The van der Waals surface area contributed by atoms with E-state index in [9.17, 15) is 8.42 Å². The fourth-order valence-electron chi connectivity index (χ4n) is 2.60. The van der Waals surface area contributed by atoms with Gasteiger partial charge >= 0.3 is 0 Å². The first kappa shape index (κ1) is 15.9. The van der Waals surface area contributed by atoms with Crippen molar-refractivity contribution in [2.75, 3.05) is 25.4 Å². The SMILES string of the molecule is CC1CNCC(C)N1CCS(=O)(=O)c1ccc(Br)cc1. The molecule has 0 aliphatic carbocycles. The summed E-state index contributed by atoms with van der Waals surface area (Å²) in [7, 11) is -3.21. The van der Waals surface area contributed by atoms with Crippen LogP contribution in [0.4, 0.5) is 0 Å². The normalized spacial score (nSPS) is 24.8. The molecule has 2 rings (SSSR count). The summed E-state index contributed by atoms with van der Waals surface area (Å²) in [5.74, 6) is 0.170. The van der Waals surface area contributed by atoms with Crippen molar-refractivity contribution in [1.29, 1.82) is 0 Å². The third-order valence-corrected chi connectivity index (χ3v) is 6.04. The lowest BCUT2D eigenvalue weighted by atomic mass is 10.1. The molecule has 1 saturated heterocycles. The average molecular weight is 361 g/mol. The topological polar surface area (TPSA) is 49.4 Å². The lowest BCUT2D eigenvalue weighted by molar-refractivity contribution is 0.125. The molecule has 1 aromatic carbocycles. The second kappa shape index (κ2) is 6.56. The van der Waals surface area contributed by atoms with Gasteiger partial charge < -0.3 is 5.32 Å². The number of piperazine rings is 1. The molecule has 1 fully saturated rings. The third kappa shape index (κ3) is 3.81. The summed E-state index contributed by atoms with van der Waals surface area (Å²) in [5.41, 5.74) is 0. The lowest BCUT2D eigenvalue weighted by Gasteiger charge is -2.39. The first-order chi connectivity index (χ1) is 9.40. The maximum Gasteiger partial charge on any atom is 0.179 e. The molecule has 20 heavy (non-hydrogen) atoms. The van der Waals surface area contributed by atoms with Crippen LogP contribution in [-0.4, -0.2) is 50.8 Å². The second-order valence-electron chi connectivity index (χ2n) is 5.37. The Morgan fingerprint density at radius 1 is 1.20 bits per heavy atom. The molecule has 0 bridgehead atoms. The van der Waals surface area contributed by atoms with Crippen molar-refractivity contribution in [2.24, 2.45) is 0 Å². The van der Waals surface area contributed by atoms with Gasteiger partial charge in [0, 0.05) is 36.2 Å². The first-order valence-corrected chi connectivity index (χ1v) is 9.29. The summed E-state index contributed by atoms with van der Waals surface area (Å²) in [6, 6.07) is 7.60. The predicted molar refractivity (Wildman–Crippen MR) is 84.7 cm³/mol. The molecule has 4 nitrogen and oxygen atoms in total. The van der Waals surface area contributed by atoms with Gasteiger partial charge in [0.15, 0.2) is 9.84 Å². The highest BCUT2D eigenvalue weighted by Crippen LogP contribution is 2.17. The Morgan fingerprint density at radius 3 is 2.30 bits per heavy atom. The van der Waals surface area contributed by atoms with Crippen molar-refractivity contribution in [2.45, 2.75) is 30.8 Å². The second-order valence-corrected chi connectivity index (χ2v) is 8.39. The maximum absolute atomic E-state index is 12.3. The molecule has 1 N–H and O–H groups in total. The summed E-state index contributed by atoms with van der Waals surface area (Å²) in [4.78, 5) is 2.67. The van der Waals surface area contributed by atoms with E-state index in [1.54, 1.807) is 24.3 Å². The van der Waals surface area contributed by atoms with Crippen LogP contribution in [0.2, 0.25) is 0 Å². The minimum Gasteiger partial charge on any atom is -0.314 e. The molecular weight excluding hydrogens is 340 g/mol. The van der Waals surface area contributed by atoms with Gasteiger partial charge in [-0.1, -0.05) is 15.9 Å². The molecule has 0 amide bonds. The van der Waals surface area contributed by atoms with Crippen LogP contribution in [0.3, 0.4) is 0 Å². The Hall–Kier alpha value is -0.430. The standard InChI is InChI=1S/C14H21BrN2O2S/c1-11-9-16-10-12(2)17(11)7-8-20(18,19)14-5-3-13(15)4-6-14/h3-6,11-12,16H,7-10H2,1-2H3. The van der Waals surface area contributed by atoms with Crippen molar-refractivity contribution < 1.29 is 8.42 Å². The molecule has 6 heteroatoms. The molecule has 112 valence electrons. The molecule has 2 unspecified atom stereocenters. The van der Waals surface area contributed by atoms with E-state index in [0.717, 1.165) is 17.6 Å². The van der Waals surface area contributed by atoms with Gasteiger partial charge in [-0.15, -0.1) is 0 Å². The van der Waals surface area contributed by atoms with Crippen LogP contribution in [0.25, 0.3) is 0 Å². The number of nitrogens with zero attached hydrogens (tertiary/aromatic N) is 1. The van der Waals surface area contributed by atoms with Gasteiger partial charge in [0.2, 0.25) is 0 Å². The zero-order chi connectivity index (χ0) is 14.8. The van der Waals surface area contributed by atoms with E-state index in [-0.39, 0.29) is 5.75 Å². The van der Waals surface area contributed by atoms with E-state index in [0.29, 0.717) is 23.5 Å². The molecule has 0 radical (unpaired) electrons. The van der Waals surface area contributed by atoms with E-state index >= 15 is 0 Å². The molecule has 1 aliphatic heterocycles. The Kier molecular flexibility index (Phi) is 5.23. The van der Waals surface area contributed by atoms with Crippen molar-refractivity contribution in [3.8, 4) is 0 Å². The number of sulfone groups is 1. The summed E-state index contributed by atoms with van der Waals surface area (Å²) in [5, 5.41) is 3.35. The van der Waals surface area contributed by atoms with Crippen LogP contribution in [-0.2, 0) is 9.84 Å². The Morgan fingerprint density at radius 2 is 1.75 bits per heavy atom. The predicted octanol–water partition coefficient (Wildman–Crippen LogP) is 1.91. The zero-order valence-electron chi connectivity index (χ0n) is 11.8. The highest BCUT2D eigenvalue weighted by molar-refractivity contribution is 9.10. The number of nitrogens with one attached hydrogen (secondary N) is 1. The molecule has 1 heterocycles. The van der Waals surface area contributed by atoms with Crippen molar-refractivity contribution >= 4 is 25.8 Å². The van der Waals surface area contributed by atoms with E-state index in [1.165, 1.54) is 0 Å². The van der Waals surface area contributed by atoms with Gasteiger partial charge in [0.25, 0.3) is 0 Å². The van der Waals surface area contributed by atoms with Crippen molar-refractivity contribution in [3.63, 3.8) is 0 Å². The minimum atomic E-state index is -3.21. The number of rotatable bonds is 4. The monoisotopic (exact) mass is 360 g/mol. The van der Waals surface area contributed by atoms with E-state index in [1.807, 2.05) is 0 Å². The molecule has 0 aromatic heterocycles. The minimum absolute atomic E-state index is 0.170. The summed E-state index contributed by atoms with van der Waals surface area (Å²) in [6.07, 6.45) is 0. The number of hydrogen-bond donors (Lipinski definition) is 1. The first-order valence-electron chi connectivity index (χ1n) is 6.85. The molecule has 1 aromatic rings. The van der Waals surface area contributed by atoms with Crippen LogP contribution in [0, 0.1) is 0 Å². The Labute approximate surface area is 129 Å². The highest BCUT2D eigenvalue weighted by atomic mass is 79.9. The van der Waals surface area contributed by atoms with E-state index < -0.39 is 9.84 Å². The van der Waals surface area contributed by atoms with Gasteiger partial charge in [0.1, 0.15) is 0 Å².